The van der Waals surface area contributed by atoms with E-state index in [-0.39, 0.29) is 5.69 Å². The molecule has 0 fully saturated rings. The first-order chi connectivity index (χ1) is 7.25. The lowest BCUT2D eigenvalue weighted by Crippen LogP contribution is -2.05. The lowest BCUT2D eigenvalue weighted by atomic mass is 10.2. The summed E-state index contributed by atoms with van der Waals surface area (Å²) >= 11 is 0. The van der Waals surface area contributed by atoms with Crippen molar-refractivity contribution in [2.75, 3.05) is 25.6 Å². The van der Waals surface area contributed by atoms with Crippen molar-refractivity contribution in [2.45, 2.75) is 12.8 Å². The van der Waals surface area contributed by atoms with Crippen molar-refractivity contribution in [3.05, 3.63) is 29.8 Å². The van der Waals surface area contributed by atoms with Gasteiger partial charge in [0.2, 0.25) is 0 Å². The predicted molar refractivity (Wildman–Crippen MR) is 56.0 cm³/mol. The molecule has 1 N–H and O–H groups in total. The molecule has 0 bridgehead atoms. The van der Waals surface area contributed by atoms with E-state index in [1.165, 1.54) is 12.1 Å². The normalized spacial score (nSPS) is 10.3. The van der Waals surface area contributed by atoms with E-state index in [0.29, 0.717) is 13.2 Å². The maximum Gasteiger partial charge on any atom is 0.181 e. The quantitative estimate of drug-likeness (QED) is 0.737. The summed E-state index contributed by atoms with van der Waals surface area (Å²) in [5.74, 6) is -1.64. The zero-order valence-corrected chi connectivity index (χ0v) is 8.72. The average Bonchev–Trinajstić information content (AvgIpc) is 2.24. The fraction of sp³-hybridized carbons (Fsp3) is 0.455. The third-order valence-electron chi connectivity index (χ3n) is 2.04. The smallest absolute Gasteiger partial charge is 0.181 e. The molecule has 0 spiro atoms. The summed E-state index contributed by atoms with van der Waals surface area (Å²) in [6, 6.07) is 4.11. The minimum absolute atomic E-state index is 0.215. The lowest BCUT2D eigenvalue weighted by molar-refractivity contribution is 0.194. The minimum atomic E-state index is -0.822. The molecule has 84 valence electrons. The average molecular weight is 215 g/mol. The van der Waals surface area contributed by atoms with Crippen LogP contribution in [0.5, 0.6) is 0 Å². The van der Waals surface area contributed by atoms with Crippen LogP contribution in [0.15, 0.2) is 18.2 Å². The van der Waals surface area contributed by atoms with Gasteiger partial charge >= 0.3 is 0 Å². The first-order valence-corrected chi connectivity index (χ1v) is 4.92. The van der Waals surface area contributed by atoms with Gasteiger partial charge in [-0.1, -0.05) is 6.07 Å². The number of benzene rings is 1. The first kappa shape index (κ1) is 11.9. The van der Waals surface area contributed by atoms with E-state index in [9.17, 15) is 8.78 Å². The summed E-state index contributed by atoms with van der Waals surface area (Å²) in [4.78, 5) is 0. The zero-order chi connectivity index (χ0) is 11.1. The third-order valence-corrected chi connectivity index (χ3v) is 2.04. The van der Waals surface area contributed by atoms with E-state index >= 15 is 0 Å². The Kier molecular flexibility index (Phi) is 5.04. The Balaban J connectivity index is 2.34. The van der Waals surface area contributed by atoms with Crippen molar-refractivity contribution in [1.82, 2.24) is 0 Å². The van der Waals surface area contributed by atoms with Crippen molar-refractivity contribution in [3.63, 3.8) is 0 Å². The highest BCUT2D eigenvalue weighted by atomic mass is 19.2. The molecular formula is C11H15F2NO. The number of nitrogens with one attached hydrogen (secondary N) is 1. The highest BCUT2D eigenvalue weighted by Gasteiger charge is 2.05. The Hall–Kier alpha value is -1.16. The molecule has 15 heavy (non-hydrogen) atoms. The van der Waals surface area contributed by atoms with E-state index in [2.05, 4.69) is 5.32 Å². The van der Waals surface area contributed by atoms with Crippen molar-refractivity contribution >= 4 is 5.69 Å². The van der Waals surface area contributed by atoms with Crippen LogP contribution < -0.4 is 5.32 Å². The van der Waals surface area contributed by atoms with Crippen molar-refractivity contribution in [2.24, 2.45) is 0 Å². The number of ether oxygens (including phenoxy) is 1. The summed E-state index contributed by atoms with van der Waals surface area (Å²) in [5.41, 5.74) is 0.215. The number of methoxy groups -OCH3 is 1. The highest BCUT2D eigenvalue weighted by Crippen LogP contribution is 2.16. The van der Waals surface area contributed by atoms with E-state index in [0.717, 1.165) is 18.9 Å². The van der Waals surface area contributed by atoms with Crippen molar-refractivity contribution in [3.8, 4) is 0 Å². The Bertz CT molecular complexity index is 305. The van der Waals surface area contributed by atoms with Gasteiger partial charge in [0.25, 0.3) is 0 Å². The fourth-order valence-corrected chi connectivity index (χ4v) is 1.23. The Labute approximate surface area is 88.3 Å². The van der Waals surface area contributed by atoms with Crippen LogP contribution in [0.4, 0.5) is 14.5 Å². The summed E-state index contributed by atoms with van der Waals surface area (Å²) in [7, 11) is 1.64. The number of unbranched alkanes of at least 4 members (excludes halogenated alkanes) is 1. The molecule has 0 radical (unpaired) electrons. The largest absolute Gasteiger partial charge is 0.385 e. The number of hydrogen-bond acceptors (Lipinski definition) is 2. The molecule has 0 saturated heterocycles. The molecule has 0 aliphatic carbocycles. The maximum atomic E-state index is 13.1. The van der Waals surface area contributed by atoms with Gasteiger partial charge in [0.1, 0.15) is 0 Å². The Morgan fingerprint density at radius 2 is 2.07 bits per heavy atom. The van der Waals surface area contributed by atoms with Crippen LogP contribution in [0.1, 0.15) is 12.8 Å². The van der Waals surface area contributed by atoms with Gasteiger partial charge in [-0.15, -0.1) is 0 Å². The molecule has 2 nitrogen and oxygen atoms in total. The fourth-order valence-electron chi connectivity index (χ4n) is 1.23. The standard InChI is InChI=1S/C11H15F2NO/c1-15-8-3-2-7-14-10-6-4-5-9(12)11(10)13/h4-6,14H,2-3,7-8H2,1H3. The molecule has 0 aliphatic heterocycles. The summed E-state index contributed by atoms with van der Waals surface area (Å²) in [5, 5.41) is 2.84. The van der Waals surface area contributed by atoms with Crippen molar-refractivity contribution in [1.29, 1.82) is 0 Å². The Morgan fingerprint density at radius 1 is 1.27 bits per heavy atom. The molecule has 0 saturated carbocycles. The SMILES string of the molecule is COCCCCNc1cccc(F)c1F. The monoisotopic (exact) mass is 215 g/mol. The molecule has 0 aromatic heterocycles. The van der Waals surface area contributed by atoms with E-state index in [1.807, 2.05) is 0 Å². The second kappa shape index (κ2) is 6.35. The summed E-state index contributed by atoms with van der Waals surface area (Å²) in [6.45, 7) is 1.30. The van der Waals surface area contributed by atoms with Gasteiger partial charge in [-0.05, 0) is 25.0 Å². The second-order valence-corrected chi connectivity index (χ2v) is 3.23. The molecule has 0 unspecified atom stereocenters. The molecule has 0 heterocycles. The van der Waals surface area contributed by atoms with Crippen LogP contribution in [-0.4, -0.2) is 20.3 Å². The van der Waals surface area contributed by atoms with Crippen LogP contribution in [0.3, 0.4) is 0 Å². The maximum absolute atomic E-state index is 13.1. The van der Waals surface area contributed by atoms with Gasteiger partial charge in [-0.2, -0.15) is 0 Å². The molecule has 4 heteroatoms. The number of halogens is 2. The lowest BCUT2D eigenvalue weighted by Gasteiger charge is -2.07. The molecule has 1 rings (SSSR count). The first-order valence-electron chi connectivity index (χ1n) is 4.92. The van der Waals surface area contributed by atoms with Crippen LogP contribution in [-0.2, 0) is 4.74 Å². The molecular weight excluding hydrogens is 200 g/mol. The van der Waals surface area contributed by atoms with Gasteiger partial charge in [-0.25, -0.2) is 8.78 Å². The second-order valence-electron chi connectivity index (χ2n) is 3.23. The minimum Gasteiger partial charge on any atom is -0.385 e. The summed E-state index contributed by atoms with van der Waals surface area (Å²) < 4.78 is 30.8. The number of rotatable bonds is 6. The van der Waals surface area contributed by atoms with Gasteiger partial charge in [0, 0.05) is 20.3 Å². The topological polar surface area (TPSA) is 21.3 Å². The summed E-state index contributed by atoms with van der Waals surface area (Å²) in [6.07, 6.45) is 1.77. The van der Waals surface area contributed by atoms with Crippen LogP contribution >= 0.6 is 0 Å². The van der Waals surface area contributed by atoms with E-state index < -0.39 is 11.6 Å². The molecule has 1 aromatic rings. The van der Waals surface area contributed by atoms with Crippen LogP contribution in [0, 0.1) is 11.6 Å². The molecule has 1 aromatic carbocycles. The van der Waals surface area contributed by atoms with Gasteiger partial charge in [0.15, 0.2) is 11.6 Å². The molecule has 0 amide bonds. The van der Waals surface area contributed by atoms with Gasteiger partial charge in [0.05, 0.1) is 5.69 Å². The highest BCUT2D eigenvalue weighted by molar-refractivity contribution is 5.44. The number of anilines is 1. The van der Waals surface area contributed by atoms with Crippen LogP contribution in [0.25, 0.3) is 0 Å². The zero-order valence-electron chi connectivity index (χ0n) is 8.72. The number of hydrogen-bond donors (Lipinski definition) is 1. The predicted octanol–water partition coefficient (Wildman–Crippen LogP) is 2.80. The Morgan fingerprint density at radius 3 is 2.80 bits per heavy atom. The molecule has 0 atom stereocenters. The van der Waals surface area contributed by atoms with Crippen molar-refractivity contribution < 1.29 is 13.5 Å². The van der Waals surface area contributed by atoms with E-state index in [1.54, 1.807) is 7.11 Å². The molecule has 0 aliphatic rings. The van der Waals surface area contributed by atoms with Crippen LogP contribution in [0.2, 0.25) is 0 Å². The van der Waals surface area contributed by atoms with E-state index in [4.69, 9.17) is 4.74 Å². The third kappa shape index (κ3) is 3.83. The van der Waals surface area contributed by atoms with Gasteiger partial charge < -0.3 is 10.1 Å². The van der Waals surface area contributed by atoms with Gasteiger partial charge in [-0.3, -0.25) is 0 Å².